The van der Waals surface area contributed by atoms with Gasteiger partial charge < -0.3 is 10.1 Å². The van der Waals surface area contributed by atoms with Crippen LogP contribution in [0.4, 0.5) is 11.6 Å². The predicted octanol–water partition coefficient (Wildman–Crippen LogP) is 4.23. The number of nitrogens with one attached hydrogen (secondary N) is 1. The fourth-order valence-corrected chi connectivity index (χ4v) is 3.60. The van der Waals surface area contributed by atoms with Crippen molar-refractivity contribution in [3.05, 3.63) is 54.0 Å². The fourth-order valence-electron chi connectivity index (χ4n) is 3.60. The summed E-state index contributed by atoms with van der Waals surface area (Å²) in [7, 11) is 0. The molecule has 0 amide bonds. The Morgan fingerprint density at radius 3 is 2.77 bits per heavy atom. The van der Waals surface area contributed by atoms with Crippen LogP contribution in [-0.2, 0) is 4.74 Å². The van der Waals surface area contributed by atoms with E-state index in [0.717, 1.165) is 48.6 Å². The second-order valence-electron chi connectivity index (χ2n) is 7.56. The predicted molar refractivity (Wildman–Crippen MR) is 116 cm³/mol. The standard InChI is InChI=1S/C23H24N6O2/c1-16-13-25-23(27-19-14-26-29(15-19)20-8-11-31-12-9-20)28-22(16)18-6-4-17(5-7-18)21(30)3-2-10-24/h4-7,13-15,20H,2-3,8-9,11-12H2,1H3,(H,25,27,28). The van der Waals surface area contributed by atoms with Crippen molar-refractivity contribution in [3.8, 4) is 17.3 Å². The van der Waals surface area contributed by atoms with Gasteiger partial charge in [-0.2, -0.15) is 10.4 Å². The van der Waals surface area contributed by atoms with E-state index < -0.39 is 0 Å². The van der Waals surface area contributed by atoms with E-state index in [4.69, 9.17) is 10.00 Å². The molecule has 1 saturated heterocycles. The van der Waals surface area contributed by atoms with E-state index in [1.807, 2.05) is 36.0 Å². The van der Waals surface area contributed by atoms with Gasteiger partial charge in [-0.3, -0.25) is 9.48 Å². The number of hydrogen-bond acceptors (Lipinski definition) is 7. The van der Waals surface area contributed by atoms with Crippen molar-refractivity contribution in [2.24, 2.45) is 0 Å². The molecule has 3 heterocycles. The Morgan fingerprint density at radius 2 is 2.03 bits per heavy atom. The molecular weight excluding hydrogens is 392 g/mol. The maximum absolute atomic E-state index is 12.1. The second-order valence-corrected chi connectivity index (χ2v) is 7.56. The molecule has 0 aliphatic carbocycles. The first-order valence-electron chi connectivity index (χ1n) is 10.4. The Hall–Kier alpha value is -3.57. The van der Waals surface area contributed by atoms with Gasteiger partial charge in [0.25, 0.3) is 0 Å². The number of hydrogen-bond donors (Lipinski definition) is 1. The molecule has 4 rings (SSSR count). The summed E-state index contributed by atoms with van der Waals surface area (Å²) in [4.78, 5) is 21.2. The number of anilines is 2. The molecule has 31 heavy (non-hydrogen) atoms. The zero-order valence-corrected chi connectivity index (χ0v) is 17.4. The minimum Gasteiger partial charge on any atom is -0.381 e. The highest BCUT2D eigenvalue weighted by Crippen LogP contribution is 2.25. The Balaban J connectivity index is 1.49. The minimum absolute atomic E-state index is 0.0311. The molecule has 1 aromatic carbocycles. The van der Waals surface area contributed by atoms with Gasteiger partial charge in [-0.15, -0.1) is 0 Å². The summed E-state index contributed by atoms with van der Waals surface area (Å²) in [5.41, 5.74) is 4.07. The summed E-state index contributed by atoms with van der Waals surface area (Å²) < 4.78 is 7.39. The average molecular weight is 416 g/mol. The van der Waals surface area contributed by atoms with E-state index in [-0.39, 0.29) is 18.6 Å². The molecule has 0 radical (unpaired) electrons. The molecule has 1 aliphatic heterocycles. The lowest BCUT2D eigenvalue weighted by Gasteiger charge is -2.22. The van der Waals surface area contributed by atoms with Gasteiger partial charge >= 0.3 is 0 Å². The highest BCUT2D eigenvalue weighted by Gasteiger charge is 2.17. The third-order valence-electron chi connectivity index (χ3n) is 5.34. The Kier molecular flexibility index (Phi) is 6.34. The first-order valence-corrected chi connectivity index (χ1v) is 10.4. The fraction of sp³-hybridized carbons (Fsp3) is 0.348. The molecule has 0 unspecified atom stereocenters. The topological polar surface area (TPSA) is 106 Å². The molecule has 158 valence electrons. The van der Waals surface area contributed by atoms with Crippen molar-refractivity contribution >= 4 is 17.4 Å². The van der Waals surface area contributed by atoms with Gasteiger partial charge in [0.15, 0.2) is 5.78 Å². The number of aromatic nitrogens is 4. The quantitative estimate of drug-likeness (QED) is 0.575. The zero-order valence-electron chi connectivity index (χ0n) is 17.4. The third-order valence-corrected chi connectivity index (χ3v) is 5.34. The van der Waals surface area contributed by atoms with E-state index >= 15 is 0 Å². The number of nitriles is 1. The second kappa shape index (κ2) is 9.49. The van der Waals surface area contributed by atoms with Crippen molar-refractivity contribution in [2.75, 3.05) is 18.5 Å². The van der Waals surface area contributed by atoms with Crippen molar-refractivity contribution in [3.63, 3.8) is 0 Å². The lowest BCUT2D eigenvalue weighted by atomic mass is 10.0. The van der Waals surface area contributed by atoms with Gasteiger partial charge in [-0.25, -0.2) is 9.97 Å². The van der Waals surface area contributed by atoms with Crippen LogP contribution in [0.25, 0.3) is 11.3 Å². The van der Waals surface area contributed by atoms with E-state index in [1.54, 1.807) is 24.5 Å². The number of carbonyl (C=O) groups is 1. The molecule has 0 spiro atoms. The summed E-state index contributed by atoms with van der Waals surface area (Å²) in [5, 5.41) is 16.4. The van der Waals surface area contributed by atoms with Crippen LogP contribution in [0.3, 0.4) is 0 Å². The van der Waals surface area contributed by atoms with Gasteiger partial charge in [0, 0.05) is 49.6 Å². The number of ether oxygens (including phenoxy) is 1. The SMILES string of the molecule is Cc1cnc(Nc2cnn(C3CCOCC3)c2)nc1-c1ccc(C(=O)CCC#N)cc1. The van der Waals surface area contributed by atoms with E-state index in [1.165, 1.54) is 0 Å². The Labute approximate surface area is 180 Å². The number of carbonyl (C=O) groups excluding carboxylic acids is 1. The van der Waals surface area contributed by atoms with Gasteiger partial charge in [0.1, 0.15) is 0 Å². The number of ketones is 1. The molecule has 0 bridgehead atoms. The number of aryl methyl sites for hydroxylation is 1. The number of nitrogens with zero attached hydrogens (tertiary/aromatic N) is 5. The van der Waals surface area contributed by atoms with E-state index in [2.05, 4.69) is 20.4 Å². The minimum atomic E-state index is -0.0311. The lowest BCUT2D eigenvalue weighted by Crippen LogP contribution is -2.19. The largest absolute Gasteiger partial charge is 0.381 e. The molecular formula is C23H24N6O2. The van der Waals surface area contributed by atoms with Gasteiger partial charge in [0.05, 0.1) is 29.7 Å². The van der Waals surface area contributed by atoms with Crippen molar-refractivity contribution in [1.82, 2.24) is 19.7 Å². The molecule has 1 N–H and O–H groups in total. The summed E-state index contributed by atoms with van der Waals surface area (Å²) in [6.07, 6.45) is 7.91. The first kappa shape index (κ1) is 20.7. The van der Waals surface area contributed by atoms with Crippen LogP contribution >= 0.6 is 0 Å². The maximum atomic E-state index is 12.1. The molecule has 8 heteroatoms. The van der Waals surface area contributed by atoms with Gasteiger partial charge in [0.2, 0.25) is 5.95 Å². The highest BCUT2D eigenvalue weighted by molar-refractivity contribution is 5.96. The maximum Gasteiger partial charge on any atom is 0.227 e. The number of Topliss-reactive ketones (excluding diaryl/α,β-unsaturated/α-hetero) is 1. The van der Waals surface area contributed by atoms with Crippen LogP contribution in [0.1, 0.15) is 47.6 Å². The molecule has 1 aliphatic rings. The van der Waals surface area contributed by atoms with Crippen LogP contribution in [0.2, 0.25) is 0 Å². The van der Waals surface area contributed by atoms with Crippen LogP contribution < -0.4 is 5.32 Å². The van der Waals surface area contributed by atoms with Crippen LogP contribution in [-0.4, -0.2) is 38.7 Å². The molecule has 2 aromatic heterocycles. The molecule has 1 fully saturated rings. The summed E-state index contributed by atoms with van der Waals surface area (Å²) in [6, 6.07) is 9.67. The summed E-state index contributed by atoms with van der Waals surface area (Å²) >= 11 is 0. The molecule has 3 aromatic rings. The molecule has 0 atom stereocenters. The first-order chi connectivity index (χ1) is 15.1. The molecule has 8 nitrogen and oxygen atoms in total. The van der Waals surface area contributed by atoms with E-state index in [0.29, 0.717) is 17.6 Å². The highest BCUT2D eigenvalue weighted by atomic mass is 16.5. The smallest absolute Gasteiger partial charge is 0.227 e. The Morgan fingerprint density at radius 1 is 1.26 bits per heavy atom. The monoisotopic (exact) mass is 416 g/mol. The number of rotatable bonds is 7. The number of benzene rings is 1. The van der Waals surface area contributed by atoms with Crippen LogP contribution in [0.5, 0.6) is 0 Å². The Bertz CT molecular complexity index is 1090. The van der Waals surface area contributed by atoms with E-state index in [9.17, 15) is 4.79 Å². The van der Waals surface area contributed by atoms with Crippen molar-refractivity contribution in [2.45, 2.75) is 38.6 Å². The lowest BCUT2D eigenvalue weighted by molar-refractivity contribution is 0.0662. The van der Waals surface area contributed by atoms with Crippen LogP contribution in [0.15, 0.2) is 42.9 Å². The van der Waals surface area contributed by atoms with Crippen molar-refractivity contribution in [1.29, 1.82) is 5.26 Å². The van der Waals surface area contributed by atoms with Crippen LogP contribution in [0, 0.1) is 18.3 Å². The summed E-state index contributed by atoms with van der Waals surface area (Å²) in [6.45, 7) is 3.48. The third kappa shape index (κ3) is 4.95. The van der Waals surface area contributed by atoms with Gasteiger partial charge in [-0.1, -0.05) is 24.3 Å². The normalized spacial score (nSPS) is 14.2. The zero-order chi connectivity index (χ0) is 21.6. The average Bonchev–Trinajstić information content (AvgIpc) is 3.28. The molecule has 0 saturated carbocycles. The van der Waals surface area contributed by atoms with Gasteiger partial charge in [-0.05, 0) is 25.3 Å². The van der Waals surface area contributed by atoms with Crippen molar-refractivity contribution < 1.29 is 9.53 Å². The summed E-state index contributed by atoms with van der Waals surface area (Å²) in [5.74, 6) is 0.456.